The van der Waals surface area contributed by atoms with E-state index in [2.05, 4.69) is 71.4 Å². The lowest BCUT2D eigenvalue weighted by Crippen LogP contribution is -2.12. The van der Waals surface area contributed by atoms with Gasteiger partial charge in [-0.3, -0.25) is 5.10 Å². The standard InChI is InChI=1S/C28H28BN5O2/c1-17(2)16-36-26-6-4-3-5-21(26)25-14-24(31-28(35)32-25)19-9-12-23-22(13-19)27(34-33-23)30-15-18-7-10-20(29)11-8-18/h3-14,17H,15-16,29H2,1-2H3,(H2,30,33,34)(H,31,32,35). The highest BCUT2D eigenvalue weighted by Crippen LogP contribution is 2.31. The van der Waals surface area contributed by atoms with Crippen molar-refractivity contribution in [3.63, 3.8) is 0 Å². The predicted molar refractivity (Wildman–Crippen MR) is 148 cm³/mol. The van der Waals surface area contributed by atoms with Crippen LogP contribution >= 0.6 is 0 Å². The van der Waals surface area contributed by atoms with E-state index in [0.29, 0.717) is 30.5 Å². The summed E-state index contributed by atoms with van der Waals surface area (Å²) in [5.41, 5.74) is 5.79. The zero-order chi connectivity index (χ0) is 25.1. The molecule has 0 amide bonds. The average Bonchev–Trinajstić information content (AvgIpc) is 3.29. The Bertz CT molecular complexity index is 1560. The van der Waals surface area contributed by atoms with Gasteiger partial charge in [0.05, 0.1) is 23.5 Å². The number of fused-ring (bicyclic) bond motifs is 1. The largest absolute Gasteiger partial charge is 0.493 e. The fourth-order valence-electron chi connectivity index (χ4n) is 4.02. The third-order valence-electron chi connectivity index (χ3n) is 5.93. The monoisotopic (exact) mass is 477 g/mol. The summed E-state index contributed by atoms with van der Waals surface area (Å²) in [6, 6.07) is 23.9. The van der Waals surface area contributed by atoms with Gasteiger partial charge in [0.25, 0.3) is 0 Å². The Morgan fingerprint density at radius 3 is 2.64 bits per heavy atom. The van der Waals surface area contributed by atoms with Gasteiger partial charge in [0.1, 0.15) is 13.6 Å². The number of hydrogen-bond acceptors (Lipinski definition) is 5. The number of hydrogen-bond donors (Lipinski definition) is 3. The number of ether oxygens (including phenoxy) is 1. The van der Waals surface area contributed by atoms with Gasteiger partial charge in [-0.2, -0.15) is 10.1 Å². The number of rotatable bonds is 8. The van der Waals surface area contributed by atoms with Crippen LogP contribution in [0.1, 0.15) is 19.4 Å². The van der Waals surface area contributed by atoms with Crippen LogP contribution in [0.2, 0.25) is 0 Å². The molecule has 0 aliphatic rings. The molecule has 0 saturated heterocycles. The Balaban J connectivity index is 1.47. The van der Waals surface area contributed by atoms with Crippen molar-refractivity contribution >= 4 is 30.0 Å². The Kier molecular flexibility index (Phi) is 6.58. The van der Waals surface area contributed by atoms with E-state index in [0.717, 1.165) is 33.6 Å². The van der Waals surface area contributed by atoms with Crippen molar-refractivity contribution in [3.8, 4) is 28.3 Å². The van der Waals surface area contributed by atoms with Crippen molar-refractivity contribution in [2.24, 2.45) is 5.92 Å². The predicted octanol–water partition coefficient (Wildman–Crippen LogP) is 3.89. The molecule has 2 heterocycles. The molecular formula is C28H28BN5O2. The normalized spacial score (nSPS) is 11.2. The van der Waals surface area contributed by atoms with Crippen LogP contribution in [0.15, 0.2) is 77.6 Å². The van der Waals surface area contributed by atoms with Crippen LogP contribution in [0.3, 0.4) is 0 Å². The van der Waals surface area contributed by atoms with E-state index in [1.807, 2.05) is 48.5 Å². The lowest BCUT2D eigenvalue weighted by molar-refractivity contribution is 0.272. The molecule has 0 fully saturated rings. The lowest BCUT2D eigenvalue weighted by atomic mass is 9.95. The smallest absolute Gasteiger partial charge is 0.345 e. The number of aromatic nitrogens is 4. The Morgan fingerprint density at radius 1 is 1.03 bits per heavy atom. The van der Waals surface area contributed by atoms with E-state index in [1.165, 1.54) is 11.0 Å². The Hall–Kier alpha value is -4.33. The second-order valence-corrected chi connectivity index (χ2v) is 9.36. The SMILES string of the molecule is Bc1ccc(CNc2n[nH]c3ccc(-c4cc(-c5ccccc5OCC(C)C)[nH]c(=O)n4)cc23)cc1. The van der Waals surface area contributed by atoms with Crippen molar-refractivity contribution in [1.82, 2.24) is 20.2 Å². The van der Waals surface area contributed by atoms with Crippen molar-refractivity contribution < 1.29 is 4.74 Å². The molecule has 2 aromatic heterocycles. The van der Waals surface area contributed by atoms with E-state index >= 15 is 0 Å². The van der Waals surface area contributed by atoms with Gasteiger partial charge in [0.2, 0.25) is 0 Å². The quantitative estimate of drug-likeness (QED) is 0.295. The summed E-state index contributed by atoms with van der Waals surface area (Å²) in [5, 5.41) is 11.9. The van der Waals surface area contributed by atoms with Gasteiger partial charge in [0, 0.05) is 23.1 Å². The zero-order valence-electron chi connectivity index (χ0n) is 20.6. The molecule has 0 unspecified atom stereocenters. The molecule has 0 spiro atoms. The molecule has 5 aromatic rings. The Labute approximate surface area is 210 Å². The molecule has 0 radical (unpaired) electrons. The number of nitrogens with one attached hydrogen (secondary N) is 3. The van der Waals surface area contributed by atoms with E-state index < -0.39 is 5.69 Å². The molecule has 7 nitrogen and oxygen atoms in total. The summed E-state index contributed by atoms with van der Waals surface area (Å²) in [4.78, 5) is 19.7. The fraction of sp³-hybridized carbons (Fsp3) is 0.179. The molecule has 3 N–H and O–H groups in total. The highest BCUT2D eigenvalue weighted by Gasteiger charge is 2.13. The van der Waals surface area contributed by atoms with Gasteiger partial charge in [-0.05, 0) is 41.8 Å². The van der Waals surface area contributed by atoms with Crippen LogP contribution in [-0.2, 0) is 6.54 Å². The molecule has 5 rings (SSSR count). The highest BCUT2D eigenvalue weighted by atomic mass is 16.5. The Morgan fingerprint density at radius 2 is 1.83 bits per heavy atom. The first kappa shape index (κ1) is 23.4. The van der Waals surface area contributed by atoms with Crippen molar-refractivity contribution in [3.05, 3.63) is 88.8 Å². The molecule has 8 heteroatoms. The number of benzene rings is 3. The number of nitrogens with zero attached hydrogens (tertiary/aromatic N) is 2. The summed E-state index contributed by atoms with van der Waals surface area (Å²) >= 11 is 0. The van der Waals surface area contributed by atoms with Gasteiger partial charge in [-0.25, -0.2) is 4.79 Å². The van der Waals surface area contributed by atoms with Crippen LogP contribution in [-0.4, -0.2) is 34.6 Å². The molecular weight excluding hydrogens is 449 g/mol. The first-order valence-electron chi connectivity index (χ1n) is 12.1. The molecule has 36 heavy (non-hydrogen) atoms. The van der Waals surface area contributed by atoms with Crippen LogP contribution < -0.4 is 21.2 Å². The second-order valence-electron chi connectivity index (χ2n) is 9.36. The number of anilines is 1. The number of H-pyrrole nitrogens is 2. The molecule has 0 aliphatic carbocycles. The molecule has 0 atom stereocenters. The zero-order valence-corrected chi connectivity index (χ0v) is 20.6. The lowest BCUT2D eigenvalue weighted by Gasteiger charge is -2.13. The van der Waals surface area contributed by atoms with E-state index in [9.17, 15) is 4.79 Å². The second kappa shape index (κ2) is 10.1. The summed E-state index contributed by atoms with van der Waals surface area (Å²) in [7, 11) is 2.07. The minimum absolute atomic E-state index is 0.389. The third-order valence-corrected chi connectivity index (χ3v) is 5.93. The summed E-state index contributed by atoms with van der Waals surface area (Å²) in [6.45, 7) is 5.45. The molecule has 180 valence electrons. The molecule has 0 saturated carbocycles. The van der Waals surface area contributed by atoms with Crippen molar-refractivity contribution in [2.75, 3.05) is 11.9 Å². The van der Waals surface area contributed by atoms with Crippen LogP contribution in [0.5, 0.6) is 5.75 Å². The maximum atomic E-state index is 12.6. The van der Waals surface area contributed by atoms with Crippen LogP contribution in [0.4, 0.5) is 5.82 Å². The van der Waals surface area contributed by atoms with Crippen LogP contribution in [0.25, 0.3) is 33.4 Å². The van der Waals surface area contributed by atoms with E-state index in [1.54, 1.807) is 0 Å². The van der Waals surface area contributed by atoms with Crippen LogP contribution in [0, 0.1) is 5.92 Å². The highest BCUT2D eigenvalue weighted by molar-refractivity contribution is 6.32. The maximum Gasteiger partial charge on any atom is 0.345 e. The fourth-order valence-corrected chi connectivity index (χ4v) is 4.02. The van der Waals surface area contributed by atoms with E-state index in [4.69, 9.17) is 4.74 Å². The minimum Gasteiger partial charge on any atom is -0.493 e. The first-order valence-corrected chi connectivity index (χ1v) is 12.1. The van der Waals surface area contributed by atoms with Gasteiger partial charge >= 0.3 is 5.69 Å². The molecule has 3 aromatic carbocycles. The van der Waals surface area contributed by atoms with Crippen molar-refractivity contribution in [2.45, 2.75) is 20.4 Å². The van der Waals surface area contributed by atoms with Gasteiger partial charge in [-0.1, -0.05) is 61.8 Å². The maximum absolute atomic E-state index is 12.6. The van der Waals surface area contributed by atoms with Gasteiger partial charge in [-0.15, -0.1) is 0 Å². The summed E-state index contributed by atoms with van der Waals surface area (Å²) in [6.07, 6.45) is 0. The average molecular weight is 477 g/mol. The van der Waals surface area contributed by atoms with Gasteiger partial charge < -0.3 is 15.0 Å². The van der Waals surface area contributed by atoms with Gasteiger partial charge in [0.15, 0.2) is 5.82 Å². The van der Waals surface area contributed by atoms with E-state index in [-0.39, 0.29) is 0 Å². The molecule has 0 bridgehead atoms. The minimum atomic E-state index is -0.411. The third kappa shape index (κ3) is 5.17. The number of para-hydroxylation sites is 1. The number of aromatic amines is 2. The topological polar surface area (TPSA) is 95.7 Å². The first-order chi connectivity index (χ1) is 17.5. The molecule has 0 aliphatic heterocycles. The summed E-state index contributed by atoms with van der Waals surface area (Å²) < 4.78 is 6.01. The van der Waals surface area contributed by atoms with Crippen molar-refractivity contribution in [1.29, 1.82) is 0 Å². The summed E-state index contributed by atoms with van der Waals surface area (Å²) in [5.74, 6) is 1.87.